The van der Waals surface area contributed by atoms with E-state index in [9.17, 15) is 13.2 Å². The third-order valence-electron chi connectivity index (χ3n) is 5.10. The molecule has 2 aromatic carbocycles. The number of rotatable bonds is 7. The number of ether oxygens (including phenoxy) is 1. The Kier molecular flexibility index (Phi) is 6.47. The Balaban J connectivity index is 1.41. The number of aromatic nitrogens is 1. The van der Waals surface area contributed by atoms with Crippen LogP contribution in [0, 0.1) is 0 Å². The number of hydrogen-bond donors (Lipinski definition) is 1. The van der Waals surface area contributed by atoms with Gasteiger partial charge >= 0.3 is 0 Å². The summed E-state index contributed by atoms with van der Waals surface area (Å²) in [7, 11) is -2.10. The lowest BCUT2D eigenvalue weighted by Gasteiger charge is -2.20. The fourth-order valence-electron chi connectivity index (χ4n) is 3.37. The summed E-state index contributed by atoms with van der Waals surface area (Å²) in [5.74, 6) is -0.342. The number of likely N-dealkylation sites (N-methyl/N-ethyl adjacent to an activating group) is 1. The van der Waals surface area contributed by atoms with Crippen LogP contribution in [0.1, 0.15) is 23.2 Å². The van der Waals surface area contributed by atoms with Gasteiger partial charge in [0, 0.05) is 36.7 Å². The predicted molar refractivity (Wildman–Crippen MR) is 121 cm³/mol. The fourth-order valence-corrected chi connectivity index (χ4v) is 5.29. The van der Waals surface area contributed by atoms with Gasteiger partial charge in [-0.3, -0.25) is 10.1 Å². The van der Waals surface area contributed by atoms with Gasteiger partial charge in [-0.25, -0.2) is 13.4 Å². The van der Waals surface area contributed by atoms with E-state index < -0.39 is 10.0 Å². The van der Waals surface area contributed by atoms with Gasteiger partial charge in [-0.15, -0.1) is 11.3 Å². The number of carbonyl (C=O) groups is 1. The maximum Gasteiger partial charge on any atom is 0.257 e. The van der Waals surface area contributed by atoms with Crippen molar-refractivity contribution in [3.63, 3.8) is 0 Å². The van der Waals surface area contributed by atoms with Crippen LogP contribution in [0.2, 0.25) is 0 Å². The molecule has 3 aromatic rings. The van der Waals surface area contributed by atoms with Crippen molar-refractivity contribution >= 4 is 32.4 Å². The molecule has 1 aliphatic heterocycles. The number of carbonyl (C=O) groups excluding carboxylic acids is 1. The molecule has 7 nitrogen and oxygen atoms in total. The van der Waals surface area contributed by atoms with E-state index >= 15 is 0 Å². The van der Waals surface area contributed by atoms with Crippen LogP contribution in [-0.4, -0.2) is 49.9 Å². The van der Waals surface area contributed by atoms with Gasteiger partial charge in [0.2, 0.25) is 10.0 Å². The highest BCUT2D eigenvalue weighted by atomic mass is 32.2. The molecule has 1 amide bonds. The molecule has 1 aliphatic rings. The van der Waals surface area contributed by atoms with Gasteiger partial charge in [0.15, 0.2) is 5.13 Å². The minimum Gasteiger partial charge on any atom is -0.377 e. The summed E-state index contributed by atoms with van der Waals surface area (Å²) in [4.78, 5) is 17.2. The Bertz CT molecular complexity index is 1140. The van der Waals surface area contributed by atoms with Crippen LogP contribution in [0.25, 0.3) is 11.3 Å². The van der Waals surface area contributed by atoms with Gasteiger partial charge in [-0.05, 0) is 37.1 Å². The summed E-state index contributed by atoms with van der Waals surface area (Å²) in [6, 6.07) is 15.6. The number of anilines is 1. The quantitative estimate of drug-likeness (QED) is 0.582. The van der Waals surface area contributed by atoms with Crippen molar-refractivity contribution in [2.75, 3.05) is 25.5 Å². The monoisotopic (exact) mass is 457 g/mol. The first-order chi connectivity index (χ1) is 14.9. The van der Waals surface area contributed by atoms with E-state index in [1.54, 1.807) is 7.05 Å². The lowest BCUT2D eigenvalue weighted by Crippen LogP contribution is -2.34. The fraction of sp³-hybridized carbons (Fsp3) is 0.273. The van der Waals surface area contributed by atoms with Crippen molar-refractivity contribution in [3.8, 4) is 11.3 Å². The van der Waals surface area contributed by atoms with E-state index in [-0.39, 0.29) is 16.9 Å². The van der Waals surface area contributed by atoms with Crippen molar-refractivity contribution in [1.82, 2.24) is 9.29 Å². The summed E-state index contributed by atoms with van der Waals surface area (Å²) >= 11 is 1.34. The summed E-state index contributed by atoms with van der Waals surface area (Å²) in [6.45, 7) is 0.993. The second-order valence-electron chi connectivity index (χ2n) is 7.30. The van der Waals surface area contributed by atoms with Crippen LogP contribution < -0.4 is 5.32 Å². The van der Waals surface area contributed by atoms with Gasteiger partial charge in [-0.1, -0.05) is 30.3 Å². The van der Waals surface area contributed by atoms with E-state index in [0.29, 0.717) is 23.8 Å². The summed E-state index contributed by atoms with van der Waals surface area (Å²) in [5, 5.41) is 5.13. The smallest absolute Gasteiger partial charge is 0.257 e. The standard InChI is InChI=1S/C22H23N3O4S2/c1-25(14-18-8-5-13-29-18)31(27,28)19-11-9-17(10-12-19)21(26)24-22-23-20(15-30-22)16-6-3-2-4-7-16/h2-4,6-7,9-12,15,18H,5,8,13-14H2,1H3,(H,23,24,26). The third kappa shape index (κ3) is 5.01. The first-order valence-corrected chi connectivity index (χ1v) is 12.3. The number of sulfonamides is 1. The molecule has 0 spiro atoms. The zero-order valence-corrected chi connectivity index (χ0v) is 18.7. The molecule has 4 rings (SSSR count). The number of nitrogens with one attached hydrogen (secondary N) is 1. The van der Waals surface area contributed by atoms with Crippen LogP contribution in [-0.2, 0) is 14.8 Å². The average Bonchev–Trinajstić information content (AvgIpc) is 3.46. The first-order valence-electron chi connectivity index (χ1n) is 9.94. The van der Waals surface area contributed by atoms with E-state index in [1.807, 2.05) is 35.7 Å². The van der Waals surface area contributed by atoms with E-state index in [2.05, 4.69) is 10.3 Å². The molecular formula is C22H23N3O4S2. The molecule has 1 saturated heterocycles. The molecule has 2 heterocycles. The highest BCUT2D eigenvalue weighted by Gasteiger charge is 2.26. The molecule has 0 aliphatic carbocycles. The third-order valence-corrected chi connectivity index (χ3v) is 7.70. The Morgan fingerprint density at radius 3 is 2.61 bits per heavy atom. The number of nitrogens with zero attached hydrogens (tertiary/aromatic N) is 2. The average molecular weight is 458 g/mol. The van der Waals surface area contributed by atoms with E-state index in [4.69, 9.17) is 4.74 Å². The number of benzene rings is 2. The molecule has 1 unspecified atom stereocenters. The first kappa shape index (κ1) is 21.6. The number of amides is 1. The van der Waals surface area contributed by atoms with Gasteiger partial charge in [0.25, 0.3) is 5.91 Å². The van der Waals surface area contributed by atoms with Crippen molar-refractivity contribution in [2.24, 2.45) is 0 Å². The molecule has 162 valence electrons. The Morgan fingerprint density at radius 2 is 1.94 bits per heavy atom. The van der Waals surface area contributed by atoms with Crippen LogP contribution in [0.3, 0.4) is 0 Å². The molecule has 1 N–H and O–H groups in total. The van der Waals surface area contributed by atoms with Gasteiger partial charge in [-0.2, -0.15) is 4.31 Å². The van der Waals surface area contributed by atoms with Crippen molar-refractivity contribution in [1.29, 1.82) is 0 Å². The molecule has 1 aromatic heterocycles. The summed E-state index contributed by atoms with van der Waals surface area (Å²) in [6.07, 6.45) is 1.75. The number of hydrogen-bond acceptors (Lipinski definition) is 6. The Hall–Kier alpha value is -2.59. The molecule has 0 radical (unpaired) electrons. The van der Waals surface area contributed by atoms with Crippen LogP contribution in [0.5, 0.6) is 0 Å². The minimum atomic E-state index is -3.64. The van der Waals surface area contributed by atoms with E-state index in [1.165, 1.54) is 39.9 Å². The van der Waals surface area contributed by atoms with Crippen molar-refractivity contribution in [3.05, 3.63) is 65.5 Å². The molecule has 0 bridgehead atoms. The van der Waals surface area contributed by atoms with Gasteiger partial charge in [0.1, 0.15) is 0 Å². The summed E-state index contributed by atoms with van der Waals surface area (Å²) in [5.41, 5.74) is 2.12. The topological polar surface area (TPSA) is 88.6 Å². The van der Waals surface area contributed by atoms with Gasteiger partial charge in [0.05, 0.1) is 16.7 Å². The molecule has 1 atom stereocenters. The minimum absolute atomic E-state index is 0.0658. The molecule has 0 saturated carbocycles. The van der Waals surface area contributed by atoms with Crippen molar-refractivity contribution < 1.29 is 17.9 Å². The lowest BCUT2D eigenvalue weighted by atomic mass is 10.2. The second kappa shape index (κ2) is 9.27. The lowest BCUT2D eigenvalue weighted by molar-refractivity contribution is 0.0979. The Morgan fingerprint density at radius 1 is 1.19 bits per heavy atom. The van der Waals surface area contributed by atoms with E-state index in [0.717, 1.165) is 24.1 Å². The SMILES string of the molecule is CN(CC1CCCO1)S(=O)(=O)c1ccc(C(=O)Nc2nc(-c3ccccc3)cs2)cc1. The Labute approximate surface area is 185 Å². The summed E-state index contributed by atoms with van der Waals surface area (Å²) < 4.78 is 32.4. The molecular weight excluding hydrogens is 434 g/mol. The van der Waals surface area contributed by atoms with Crippen LogP contribution >= 0.6 is 11.3 Å². The molecule has 9 heteroatoms. The highest BCUT2D eigenvalue weighted by molar-refractivity contribution is 7.89. The van der Waals surface area contributed by atoms with Crippen LogP contribution in [0.4, 0.5) is 5.13 Å². The molecule has 31 heavy (non-hydrogen) atoms. The number of thiazole rings is 1. The zero-order valence-electron chi connectivity index (χ0n) is 17.0. The predicted octanol–water partition coefficient (Wildman–Crippen LogP) is 3.86. The highest BCUT2D eigenvalue weighted by Crippen LogP contribution is 2.25. The maximum absolute atomic E-state index is 12.8. The van der Waals surface area contributed by atoms with Crippen molar-refractivity contribution in [2.45, 2.75) is 23.8 Å². The normalized spacial score (nSPS) is 16.5. The maximum atomic E-state index is 12.8. The van der Waals surface area contributed by atoms with Gasteiger partial charge < -0.3 is 4.74 Å². The largest absolute Gasteiger partial charge is 0.377 e. The zero-order chi connectivity index (χ0) is 21.8. The second-order valence-corrected chi connectivity index (χ2v) is 10.2. The molecule has 1 fully saturated rings. The van der Waals surface area contributed by atoms with Crippen LogP contribution in [0.15, 0.2) is 64.9 Å².